The lowest BCUT2D eigenvalue weighted by atomic mass is 9.97. The third kappa shape index (κ3) is 2.18. The second kappa shape index (κ2) is 4.26. The maximum absolute atomic E-state index is 10.1. The molecule has 1 N–H and O–H groups in total. The Morgan fingerprint density at radius 2 is 1.81 bits per heavy atom. The number of ether oxygens (including phenoxy) is 2. The van der Waals surface area contributed by atoms with Crippen molar-refractivity contribution in [1.82, 2.24) is 0 Å². The highest BCUT2D eigenvalue weighted by molar-refractivity contribution is 9.10. The van der Waals surface area contributed by atoms with Crippen LogP contribution in [0.4, 0.5) is 0 Å². The summed E-state index contributed by atoms with van der Waals surface area (Å²) in [5, 5.41) is 10.1. The highest BCUT2D eigenvalue weighted by atomic mass is 79.9. The van der Waals surface area contributed by atoms with Gasteiger partial charge in [-0.2, -0.15) is 0 Å². The van der Waals surface area contributed by atoms with Crippen molar-refractivity contribution in [3.8, 4) is 11.5 Å². The fraction of sp³-hybridized carbons (Fsp3) is 0.500. The Balaban J connectivity index is 2.56. The molecule has 0 amide bonds. The second-order valence-electron chi connectivity index (χ2n) is 4.36. The summed E-state index contributed by atoms with van der Waals surface area (Å²) in [7, 11) is 0. The summed E-state index contributed by atoms with van der Waals surface area (Å²) in [6.07, 6.45) is 0.854. The Labute approximate surface area is 104 Å². The maximum Gasteiger partial charge on any atom is 0.175 e. The van der Waals surface area contributed by atoms with Crippen molar-refractivity contribution in [3.05, 3.63) is 22.2 Å². The van der Waals surface area contributed by atoms with Crippen molar-refractivity contribution >= 4 is 15.9 Å². The molecular weight excluding hydrogens is 272 g/mol. The van der Waals surface area contributed by atoms with E-state index in [-0.39, 0.29) is 0 Å². The second-order valence-corrected chi connectivity index (χ2v) is 5.22. The molecule has 0 saturated carbocycles. The molecule has 1 aliphatic heterocycles. The quantitative estimate of drug-likeness (QED) is 0.863. The van der Waals surface area contributed by atoms with E-state index in [1.807, 2.05) is 12.1 Å². The number of fused-ring (bicyclic) bond motifs is 1. The van der Waals surface area contributed by atoms with Crippen LogP contribution in [0.25, 0.3) is 0 Å². The molecule has 4 heteroatoms. The predicted octanol–water partition coefficient (Wildman–Crippen LogP) is 2.84. The van der Waals surface area contributed by atoms with Crippen molar-refractivity contribution < 1.29 is 14.6 Å². The Kier molecular flexibility index (Phi) is 3.13. The maximum atomic E-state index is 10.1. The van der Waals surface area contributed by atoms with Crippen LogP contribution < -0.4 is 9.47 Å². The van der Waals surface area contributed by atoms with Gasteiger partial charge in [-0.05, 0) is 35.8 Å². The normalized spacial score (nSPS) is 15.8. The third-order valence-corrected chi connectivity index (χ3v) is 3.13. The molecule has 0 atom stereocenters. The summed E-state index contributed by atoms with van der Waals surface area (Å²) in [4.78, 5) is 0. The SMILES string of the molecule is CC(C)(O)c1ccc(Br)c2c1OCCCO2. The number of aliphatic hydroxyl groups is 1. The molecule has 1 heterocycles. The zero-order valence-electron chi connectivity index (χ0n) is 9.42. The third-order valence-electron chi connectivity index (χ3n) is 2.50. The molecule has 0 spiro atoms. The molecule has 0 bridgehead atoms. The van der Waals surface area contributed by atoms with Gasteiger partial charge in [0.2, 0.25) is 0 Å². The number of hydrogen-bond donors (Lipinski definition) is 1. The van der Waals surface area contributed by atoms with E-state index in [0.717, 1.165) is 16.5 Å². The fourth-order valence-electron chi connectivity index (χ4n) is 1.71. The first-order valence-electron chi connectivity index (χ1n) is 5.31. The summed E-state index contributed by atoms with van der Waals surface area (Å²) >= 11 is 3.43. The molecule has 0 aromatic heterocycles. The van der Waals surface area contributed by atoms with Gasteiger partial charge in [0.05, 0.1) is 23.3 Å². The van der Waals surface area contributed by atoms with Gasteiger partial charge in [-0.15, -0.1) is 0 Å². The minimum absolute atomic E-state index is 0.618. The first kappa shape index (κ1) is 11.7. The standard InChI is InChI=1S/C12H15BrO3/c1-12(2,14)8-4-5-9(13)11-10(8)15-6-3-7-16-11/h4-5,14H,3,6-7H2,1-2H3. The molecule has 0 aliphatic carbocycles. The molecule has 16 heavy (non-hydrogen) atoms. The molecular formula is C12H15BrO3. The molecule has 1 aliphatic rings. The van der Waals surface area contributed by atoms with E-state index in [1.54, 1.807) is 13.8 Å². The van der Waals surface area contributed by atoms with Crippen molar-refractivity contribution in [1.29, 1.82) is 0 Å². The average molecular weight is 287 g/mol. The van der Waals surface area contributed by atoms with Crippen LogP contribution in [-0.4, -0.2) is 18.3 Å². The van der Waals surface area contributed by atoms with Crippen LogP contribution in [-0.2, 0) is 5.60 Å². The molecule has 0 saturated heterocycles. The van der Waals surface area contributed by atoms with E-state index < -0.39 is 5.60 Å². The Bertz CT molecular complexity index is 396. The van der Waals surface area contributed by atoms with Crippen LogP contribution in [0.15, 0.2) is 16.6 Å². The molecule has 0 fully saturated rings. The lowest BCUT2D eigenvalue weighted by Crippen LogP contribution is -2.17. The van der Waals surface area contributed by atoms with Gasteiger partial charge in [0.1, 0.15) is 0 Å². The highest BCUT2D eigenvalue weighted by Crippen LogP contribution is 2.43. The van der Waals surface area contributed by atoms with Gasteiger partial charge in [-0.25, -0.2) is 0 Å². The van der Waals surface area contributed by atoms with E-state index in [9.17, 15) is 5.11 Å². The van der Waals surface area contributed by atoms with Gasteiger partial charge in [-0.1, -0.05) is 6.07 Å². The zero-order valence-corrected chi connectivity index (χ0v) is 11.0. The average Bonchev–Trinajstić information content (AvgIpc) is 2.42. The lowest BCUT2D eigenvalue weighted by molar-refractivity contribution is 0.0747. The highest BCUT2D eigenvalue weighted by Gasteiger charge is 2.26. The van der Waals surface area contributed by atoms with Crippen LogP contribution in [0.5, 0.6) is 11.5 Å². The van der Waals surface area contributed by atoms with E-state index in [2.05, 4.69) is 15.9 Å². The molecule has 2 rings (SSSR count). The van der Waals surface area contributed by atoms with Gasteiger partial charge in [0, 0.05) is 12.0 Å². The monoisotopic (exact) mass is 286 g/mol. The Hall–Kier alpha value is -0.740. The summed E-state index contributed by atoms with van der Waals surface area (Å²) in [6, 6.07) is 3.73. The topological polar surface area (TPSA) is 38.7 Å². The first-order valence-corrected chi connectivity index (χ1v) is 6.10. The number of hydrogen-bond acceptors (Lipinski definition) is 3. The summed E-state index contributed by atoms with van der Waals surface area (Å²) in [6.45, 7) is 4.74. The van der Waals surface area contributed by atoms with Crippen molar-refractivity contribution in [2.45, 2.75) is 25.9 Å². The molecule has 88 valence electrons. The largest absolute Gasteiger partial charge is 0.489 e. The van der Waals surface area contributed by atoms with Crippen LogP contribution >= 0.6 is 15.9 Å². The van der Waals surface area contributed by atoms with E-state index in [0.29, 0.717) is 24.7 Å². The van der Waals surface area contributed by atoms with Gasteiger partial charge in [0.25, 0.3) is 0 Å². The Morgan fingerprint density at radius 1 is 1.19 bits per heavy atom. The Morgan fingerprint density at radius 3 is 2.44 bits per heavy atom. The van der Waals surface area contributed by atoms with Crippen LogP contribution in [0.3, 0.4) is 0 Å². The van der Waals surface area contributed by atoms with Crippen LogP contribution in [0.1, 0.15) is 25.8 Å². The molecule has 3 nitrogen and oxygen atoms in total. The minimum atomic E-state index is -0.932. The van der Waals surface area contributed by atoms with Crippen LogP contribution in [0.2, 0.25) is 0 Å². The minimum Gasteiger partial charge on any atom is -0.489 e. The molecule has 1 aromatic carbocycles. The predicted molar refractivity (Wildman–Crippen MR) is 65.0 cm³/mol. The lowest BCUT2D eigenvalue weighted by Gasteiger charge is -2.22. The fourth-order valence-corrected chi connectivity index (χ4v) is 2.13. The first-order chi connectivity index (χ1) is 7.50. The smallest absolute Gasteiger partial charge is 0.175 e. The van der Waals surface area contributed by atoms with Crippen molar-refractivity contribution in [2.75, 3.05) is 13.2 Å². The molecule has 0 radical (unpaired) electrons. The van der Waals surface area contributed by atoms with Crippen molar-refractivity contribution in [3.63, 3.8) is 0 Å². The van der Waals surface area contributed by atoms with E-state index in [1.165, 1.54) is 0 Å². The molecule has 1 aromatic rings. The van der Waals surface area contributed by atoms with E-state index >= 15 is 0 Å². The van der Waals surface area contributed by atoms with Crippen molar-refractivity contribution in [2.24, 2.45) is 0 Å². The summed E-state index contributed by atoms with van der Waals surface area (Å²) in [5.41, 5.74) is -0.175. The summed E-state index contributed by atoms with van der Waals surface area (Å²) in [5.74, 6) is 1.34. The van der Waals surface area contributed by atoms with Gasteiger partial charge in [0.15, 0.2) is 11.5 Å². The van der Waals surface area contributed by atoms with Gasteiger partial charge in [-0.3, -0.25) is 0 Å². The molecule has 0 unspecified atom stereocenters. The number of benzene rings is 1. The zero-order chi connectivity index (χ0) is 11.8. The summed E-state index contributed by atoms with van der Waals surface area (Å²) < 4.78 is 12.2. The van der Waals surface area contributed by atoms with Gasteiger partial charge < -0.3 is 14.6 Å². The van der Waals surface area contributed by atoms with Crippen LogP contribution in [0, 0.1) is 0 Å². The number of rotatable bonds is 1. The number of halogens is 1. The van der Waals surface area contributed by atoms with E-state index in [4.69, 9.17) is 9.47 Å². The van der Waals surface area contributed by atoms with Gasteiger partial charge >= 0.3 is 0 Å².